The average Bonchev–Trinajstić information content (AvgIpc) is 2.96. The molecule has 2 amide bonds. The minimum atomic E-state index is -0.126. The molecule has 2 heterocycles. The topological polar surface area (TPSA) is 92.4 Å². The molecular weight excluding hydrogens is 318 g/mol. The monoisotopic (exact) mass is 345 g/mol. The van der Waals surface area contributed by atoms with E-state index >= 15 is 0 Å². The summed E-state index contributed by atoms with van der Waals surface area (Å²) < 4.78 is 0. The van der Waals surface area contributed by atoms with Gasteiger partial charge in [0.1, 0.15) is 5.69 Å². The van der Waals surface area contributed by atoms with Crippen molar-refractivity contribution >= 4 is 17.8 Å². The highest BCUT2D eigenvalue weighted by Crippen LogP contribution is 2.40. The van der Waals surface area contributed by atoms with Crippen molar-refractivity contribution in [3.8, 4) is 0 Å². The number of hydrogen-bond donors (Lipinski definition) is 1. The minimum absolute atomic E-state index is 0.126. The largest absolute Gasteiger partial charge is 0.368 e. The van der Waals surface area contributed by atoms with E-state index in [2.05, 4.69) is 9.97 Å². The Labute approximate surface area is 148 Å². The van der Waals surface area contributed by atoms with E-state index in [4.69, 9.17) is 5.73 Å². The fraction of sp³-hybridized carbons (Fsp3) is 0.667. The van der Waals surface area contributed by atoms with Gasteiger partial charge in [0.05, 0.1) is 0 Å². The van der Waals surface area contributed by atoms with Gasteiger partial charge in [-0.15, -0.1) is 0 Å². The third-order valence-electron chi connectivity index (χ3n) is 5.63. The molecule has 3 atom stereocenters. The number of amides is 2. The number of carbonyl (C=O) groups is 2. The number of aromatic nitrogens is 2. The van der Waals surface area contributed by atoms with E-state index in [1.165, 1.54) is 0 Å². The first-order chi connectivity index (χ1) is 11.8. The summed E-state index contributed by atoms with van der Waals surface area (Å²) in [5.74, 6) is 1.25. The van der Waals surface area contributed by atoms with Gasteiger partial charge in [-0.25, -0.2) is 9.97 Å². The lowest BCUT2D eigenvalue weighted by atomic mass is 9.88. The summed E-state index contributed by atoms with van der Waals surface area (Å²) in [5, 5.41) is 0. The summed E-state index contributed by atoms with van der Waals surface area (Å²) in [6.45, 7) is 4.81. The zero-order valence-electron chi connectivity index (χ0n) is 15.4. The molecule has 1 saturated carbocycles. The molecule has 0 unspecified atom stereocenters. The molecular formula is C18H27N5O2. The fourth-order valence-electron chi connectivity index (χ4n) is 4.04. The van der Waals surface area contributed by atoms with E-state index in [9.17, 15) is 9.59 Å². The van der Waals surface area contributed by atoms with Gasteiger partial charge in [0.2, 0.25) is 11.9 Å². The van der Waals surface area contributed by atoms with Crippen molar-refractivity contribution in [2.24, 2.45) is 11.8 Å². The summed E-state index contributed by atoms with van der Waals surface area (Å²) in [6, 6.07) is 1.87. The summed E-state index contributed by atoms with van der Waals surface area (Å²) in [6.07, 6.45) is 2.41. The Hall–Kier alpha value is -2.18. The minimum Gasteiger partial charge on any atom is -0.368 e. The van der Waals surface area contributed by atoms with E-state index < -0.39 is 0 Å². The van der Waals surface area contributed by atoms with Crippen LogP contribution in [0, 0.1) is 11.8 Å². The van der Waals surface area contributed by atoms with Crippen LogP contribution in [0.2, 0.25) is 0 Å². The number of fused-ring (bicyclic) bond motifs is 1. The summed E-state index contributed by atoms with van der Waals surface area (Å²) >= 11 is 0. The number of nitrogens with two attached hydrogens (primary N) is 1. The maximum atomic E-state index is 12.9. The van der Waals surface area contributed by atoms with Crippen LogP contribution in [0.15, 0.2) is 6.07 Å². The molecule has 2 N–H and O–H groups in total. The Bertz CT molecular complexity index is 690. The predicted molar refractivity (Wildman–Crippen MR) is 94.9 cm³/mol. The lowest BCUT2D eigenvalue weighted by molar-refractivity contribution is -0.134. The molecule has 0 bridgehead atoms. The van der Waals surface area contributed by atoms with Crippen molar-refractivity contribution in [1.82, 2.24) is 19.8 Å². The van der Waals surface area contributed by atoms with Gasteiger partial charge in [0.25, 0.3) is 5.91 Å². The van der Waals surface area contributed by atoms with Crippen LogP contribution in [-0.4, -0.2) is 58.3 Å². The normalized spacial score (nSPS) is 26.0. The van der Waals surface area contributed by atoms with Gasteiger partial charge in [0.15, 0.2) is 0 Å². The van der Waals surface area contributed by atoms with Crippen molar-refractivity contribution in [2.75, 3.05) is 26.4 Å². The first-order valence-electron chi connectivity index (χ1n) is 8.91. The molecule has 3 rings (SSSR count). The standard InChI is InChI=1S/C18H27N5O2/c1-10(2)14-8-15(21-18(19)20-14)17(25)23(4)13-5-11-7-16(24)22(3)9-12(11)6-13/h8,10-13H,5-7,9H2,1-4H3,(H2,19,20,21)/t11-,12+,13-/m0/s1. The Balaban J connectivity index is 1.74. The molecule has 7 heteroatoms. The van der Waals surface area contributed by atoms with Crippen LogP contribution >= 0.6 is 0 Å². The zero-order chi connectivity index (χ0) is 18.3. The second-order valence-corrected chi connectivity index (χ2v) is 7.73. The van der Waals surface area contributed by atoms with Crippen LogP contribution in [0.4, 0.5) is 5.95 Å². The van der Waals surface area contributed by atoms with Crippen molar-refractivity contribution in [2.45, 2.75) is 45.1 Å². The number of rotatable bonds is 3. The number of piperidine rings is 1. The number of carbonyl (C=O) groups excluding carboxylic acids is 2. The molecule has 2 aliphatic rings. The first kappa shape index (κ1) is 17.6. The summed E-state index contributed by atoms with van der Waals surface area (Å²) in [4.78, 5) is 36.7. The van der Waals surface area contributed by atoms with Gasteiger partial charge in [-0.3, -0.25) is 9.59 Å². The highest BCUT2D eigenvalue weighted by molar-refractivity contribution is 5.92. The lowest BCUT2D eigenvalue weighted by Crippen LogP contribution is -2.40. The van der Waals surface area contributed by atoms with Crippen LogP contribution in [0.1, 0.15) is 55.2 Å². The molecule has 0 spiro atoms. The number of hydrogen-bond acceptors (Lipinski definition) is 5. The molecule has 2 fully saturated rings. The molecule has 1 aliphatic heterocycles. The van der Waals surface area contributed by atoms with Gasteiger partial charge >= 0.3 is 0 Å². The molecule has 7 nitrogen and oxygen atoms in total. The second kappa shape index (κ2) is 6.61. The lowest BCUT2D eigenvalue weighted by Gasteiger charge is -2.31. The molecule has 1 aliphatic carbocycles. The molecule has 136 valence electrons. The molecule has 1 saturated heterocycles. The highest BCUT2D eigenvalue weighted by atomic mass is 16.2. The Kier molecular flexibility index (Phi) is 4.67. The van der Waals surface area contributed by atoms with Crippen LogP contribution in [0.5, 0.6) is 0 Å². The van der Waals surface area contributed by atoms with Crippen LogP contribution in [-0.2, 0) is 4.79 Å². The zero-order valence-corrected chi connectivity index (χ0v) is 15.4. The Morgan fingerprint density at radius 3 is 2.68 bits per heavy atom. The number of nitrogen functional groups attached to an aromatic ring is 1. The van der Waals surface area contributed by atoms with Crippen molar-refractivity contribution in [3.05, 3.63) is 17.5 Å². The second-order valence-electron chi connectivity index (χ2n) is 7.73. The van der Waals surface area contributed by atoms with E-state index in [1.807, 2.05) is 32.8 Å². The number of nitrogens with zero attached hydrogens (tertiary/aromatic N) is 4. The number of likely N-dealkylation sites (tertiary alicyclic amines) is 1. The predicted octanol–water partition coefficient (Wildman–Crippen LogP) is 1.51. The SMILES string of the molecule is CC(C)c1cc(C(=O)N(C)[C@H]2C[C@H]3CC(=O)N(C)C[C@H]3C2)nc(N)n1. The van der Waals surface area contributed by atoms with Gasteiger partial charge < -0.3 is 15.5 Å². The molecule has 0 aromatic carbocycles. The quantitative estimate of drug-likeness (QED) is 0.896. The average molecular weight is 345 g/mol. The molecule has 0 radical (unpaired) electrons. The first-order valence-corrected chi connectivity index (χ1v) is 8.91. The van der Waals surface area contributed by atoms with Gasteiger partial charge in [-0.2, -0.15) is 0 Å². The smallest absolute Gasteiger partial charge is 0.272 e. The van der Waals surface area contributed by atoms with Crippen LogP contribution in [0.3, 0.4) is 0 Å². The maximum absolute atomic E-state index is 12.9. The Morgan fingerprint density at radius 2 is 2.00 bits per heavy atom. The number of anilines is 1. The molecule has 1 aromatic heterocycles. The van der Waals surface area contributed by atoms with Crippen molar-refractivity contribution < 1.29 is 9.59 Å². The van der Waals surface area contributed by atoms with Crippen LogP contribution in [0.25, 0.3) is 0 Å². The van der Waals surface area contributed by atoms with Gasteiger partial charge in [-0.05, 0) is 36.7 Å². The van der Waals surface area contributed by atoms with Crippen molar-refractivity contribution in [1.29, 1.82) is 0 Å². The Morgan fingerprint density at radius 1 is 1.32 bits per heavy atom. The van der Waals surface area contributed by atoms with E-state index in [0.717, 1.165) is 25.1 Å². The van der Waals surface area contributed by atoms with Gasteiger partial charge in [-0.1, -0.05) is 13.8 Å². The van der Waals surface area contributed by atoms with E-state index in [1.54, 1.807) is 11.0 Å². The molecule has 25 heavy (non-hydrogen) atoms. The third kappa shape index (κ3) is 3.45. The summed E-state index contributed by atoms with van der Waals surface area (Å²) in [7, 11) is 3.68. The van der Waals surface area contributed by atoms with Crippen LogP contribution < -0.4 is 5.73 Å². The van der Waals surface area contributed by atoms with E-state index in [0.29, 0.717) is 24.0 Å². The van der Waals surface area contributed by atoms with E-state index in [-0.39, 0.29) is 29.7 Å². The maximum Gasteiger partial charge on any atom is 0.272 e. The molecule has 1 aromatic rings. The summed E-state index contributed by atoms with van der Waals surface area (Å²) in [5.41, 5.74) is 6.90. The van der Waals surface area contributed by atoms with Crippen molar-refractivity contribution in [3.63, 3.8) is 0 Å². The van der Waals surface area contributed by atoms with Gasteiger partial charge in [0, 0.05) is 38.8 Å². The fourth-order valence-corrected chi connectivity index (χ4v) is 4.04. The third-order valence-corrected chi connectivity index (χ3v) is 5.63. The highest BCUT2D eigenvalue weighted by Gasteiger charge is 2.42.